The van der Waals surface area contributed by atoms with E-state index in [1.807, 2.05) is 19.9 Å². The van der Waals surface area contributed by atoms with E-state index >= 15 is 0 Å². The quantitative estimate of drug-likeness (QED) is 0.427. The lowest BCUT2D eigenvalue weighted by molar-refractivity contribution is 0.321. The second kappa shape index (κ2) is 9.07. The summed E-state index contributed by atoms with van der Waals surface area (Å²) in [5.41, 5.74) is 3.15. The van der Waals surface area contributed by atoms with E-state index in [2.05, 4.69) is 10.5 Å². The van der Waals surface area contributed by atoms with Crippen molar-refractivity contribution in [3.63, 3.8) is 0 Å². The highest BCUT2D eigenvalue weighted by Gasteiger charge is 2.32. The maximum Gasteiger partial charge on any atom is 0.427 e. The number of aromatic nitrogens is 1. The van der Waals surface area contributed by atoms with Crippen LogP contribution in [0.1, 0.15) is 32.3 Å². The van der Waals surface area contributed by atoms with Crippen LogP contribution in [0.2, 0.25) is 0 Å². The zero-order valence-electron chi connectivity index (χ0n) is 15.2. The van der Waals surface area contributed by atoms with E-state index in [0.717, 1.165) is 0 Å². The zero-order chi connectivity index (χ0) is 19.2. The van der Waals surface area contributed by atoms with Crippen molar-refractivity contribution < 1.29 is 23.6 Å². The highest BCUT2D eigenvalue weighted by atomic mass is 32.1. The van der Waals surface area contributed by atoms with Crippen molar-refractivity contribution in [2.45, 2.75) is 33.6 Å². The summed E-state index contributed by atoms with van der Waals surface area (Å²) in [7, 11) is -2.26. The number of nitrogens with one attached hydrogen (secondary N) is 1. The number of methoxy groups -OCH3 is 1. The van der Waals surface area contributed by atoms with Gasteiger partial charge in [0.2, 0.25) is 5.13 Å². The van der Waals surface area contributed by atoms with E-state index in [4.69, 9.17) is 13.9 Å². The molecule has 0 fully saturated rings. The second-order valence-electron chi connectivity index (χ2n) is 5.37. The van der Waals surface area contributed by atoms with Crippen LogP contribution in [0.4, 0.5) is 5.13 Å². The van der Waals surface area contributed by atoms with Gasteiger partial charge in [-0.05, 0) is 31.4 Å². The molecule has 0 saturated carbocycles. The van der Waals surface area contributed by atoms with Crippen LogP contribution in [-0.4, -0.2) is 17.2 Å². The van der Waals surface area contributed by atoms with Crippen LogP contribution < -0.4 is 14.7 Å². The second-order valence-corrected chi connectivity index (χ2v) is 8.20. The van der Waals surface area contributed by atoms with Gasteiger partial charge in [0.1, 0.15) is 5.75 Å². The Morgan fingerprint density at radius 2 is 2.19 bits per heavy atom. The van der Waals surface area contributed by atoms with Gasteiger partial charge >= 0.3 is 7.60 Å². The summed E-state index contributed by atoms with van der Waals surface area (Å²) < 4.78 is 29.9. The molecule has 2 N–H and O–H groups in total. The van der Waals surface area contributed by atoms with Crippen molar-refractivity contribution in [1.82, 2.24) is 4.98 Å². The monoisotopic (exact) mass is 398 g/mol. The molecule has 26 heavy (non-hydrogen) atoms. The van der Waals surface area contributed by atoms with E-state index in [1.165, 1.54) is 24.5 Å². The molecule has 7 nitrogen and oxygen atoms in total. The van der Waals surface area contributed by atoms with Crippen molar-refractivity contribution in [2.24, 2.45) is 0 Å². The molecule has 0 saturated heterocycles. The number of hydrogen-bond acceptors (Lipinski definition) is 8. The lowest BCUT2D eigenvalue weighted by Gasteiger charge is -2.21. The van der Waals surface area contributed by atoms with Gasteiger partial charge in [-0.2, -0.15) is 4.62 Å². The molecule has 2 rings (SSSR count). The number of phenolic OH excluding ortho intramolecular Hbond substituents is 1. The summed E-state index contributed by atoms with van der Waals surface area (Å²) in [6, 6.07) is 3.05. The molecule has 0 spiro atoms. The predicted octanol–water partition coefficient (Wildman–Crippen LogP) is 5.49. The first kappa shape index (κ1) is 20.3. The molecule has 2 aromatic rings. The third-order valence-corrected chi connectivity index (χ3v) is 6.18. The lowest BCUT2D eigenvalue weighted by atomic mass is 10.2. The molecule has 1 atom stereocenters. The molecule has 0 amide bonds. The largest absolute Gasteiger partial charge is 0.504 e. The first-order valence-electron chi connectivity index (χ1n) is 8.14. The highest BCUT2D eigenvalue weighted by Crippen LogP contribution is 2.57. The number of allylic oxidation sites excluding steroid dienone is 2. The number of aryl methyl sites for hydroxylation is 1. The summed E-state index contributed by atoms with van der Waals surface area (Å²) in [6.45, 7) is 5.53. The van der Waals surface area contributed by atoms with Crippen molar-refractivity contribution in [3.8, 4) is 17.2 Å². The average Bonchev–Trinajstić information content (AvgIpc) is 3.14. The topological polar surface area (TPSA) is 89.9 Å². The van der Waals surface area contributed by atoms with Crippen molar-refractivity contribution >= 4 is 24.1 Å². The molecule has 1 aromatic carbocycles. The van der Waals surface area contributed by atoms with Gasteiger partial charge in [-0.1, -0.05) is 19.9 Å². The predicted molar refractivity (Wildman–Crippen MR) is 103 cm³/mol. The van der Waals surface area contributed by atoms with E-state index in [1.54, 1.807) is 24.6 Å². The SMILES string of the molecule is CC/C=C(\CC)P(=O)(ONc1nccs1)Oc1cc(C)c(O)c(OC)c1. The number of rotatable bonds is 9. The minimum Gasteiger partial charge on any atom is -0.504 e. The van der Waals surface area contributed by atoms with Crippen LogP contribution in [0.5, 0.6) is 17.2 Å². The molecule has 0 radical (unpaired) electrons. The van der Waals surface area contributed by atoms with E-state index in [0.29, 0.717) is 28.9 Å². The third-order valence-electron chi connectivity index (χ3n) is 3.52. The number of ether oxygens (including phenoxy) is 1. The molecule has 0 aliphatic rings. The molecular formula is C17H23N2O5PS. The Balaban J connectivity index is 2.36. The van der Waals surface area contributed by atoms with Crippen molar-refractivity contribution in [3.05, 3.63) is 40.7 Å². The van der Waals surface area contributed by atoms with Crippen LogP contribution in [0.15, 0.2) is 35.1 Å². The molecular weight excluding hydrogens is 375 g/mol. The summed E-state index contributed by atoms with van der Waals surface area (Å²) >= 11 is 1.32. The number of hydrogen-bond donors (Lipinski definition) is 2. The maximum absolute atomic E-state index is 13.5. The molecule has 9 heteroatoms. The normalized spacial score (nSPS) is 13.9. The number of phenols is 1. The van der Waals surface area contributed by atoms with Crippen molar-refractivity contribution in [2.75, 3.05) is 12.6 Å². The van der Waals surface area contributed by atoms with Crippen LogP contribution in [0.25, 0.3) is 0 Å². The van der Waals surface area contributed by atoms with Crippen LogP contribution in [0.3, 0.4) is 0 Å². The Bertz CT molecular complexity index is 808. The third kappa shape index (κ3) is 4.78. The van der Waals surface area contributed by atoms with Gasteiger partial charge < -0.3 is 14.4 Å². The zero-order valence-corrected chi connectivity index (χ0v) is 16.9. The fourth-order valence-corrected chi connectivity index (χ4v) is 4.44. The molecule has 142 valence electrons. The lowest BCUT2D eigenvalue weighted by Crippen LogP contribution is -2.06. The molecule has 1 aromatic heterocycles. The molecule has 1 unspecified atom stereocenters. The molecule has 0 bridgehead atoms. The Morgan fingerprint density at radius 3 is 2.77 bits per heavy atom. The van der Waals surface area contributed by atoms with Gasteiger partial charge in [0.05, 0.1) is 12.4 Å². The fraction of sp³-hybridized carbons (Fsp3) is 0.353. The highest BCUT2D eigenvalue weighted by molar-refractivity contribution is 7.58. The number of benzene rings is 1. The molecule has 1 heterocycles. The summed E-state index contributed by atoms with van der Waals surface area (Å²) in [6.07, 6.45) is 4.63. The minimum atomic E-state index is -3.69. The van der Waals surface area contributed by atoms with Gasteiger partial charge in [0, 0.05) is 17.6 Å². The van der Waals surface area contributed by atoms with Gasteiger partial charge in [-0.25, -0.2) is 15.0 Å². The Morgan fingerprint density at radius 1 is 1.42 bits per heavy atom. The molecule has 0 aliphatic carbocycles. The van der Waals surface area contributed by atoms with Crippen molar-refractivity contribution in [1.29, 1.82) is 0 Å². The van der Waals surface area contributed by atoms with Gasteiger partial charge in [-0.15, -0.1) is 11.3 Å². The van der Waals surface area contributed by atoms with Crippen LogP contribution in [-0.2, 0) is 9.19 Å². The number of aromatic hydroxyl groups is 1. The Hall–Kier alpha value is -2.02. The van der Waals surface area contributed by atoms with Gasteiger partial charge in [0.15, 0.2) is 11.5 Å². The number of thiazole rings is 1. The Kier molecular flexibility index (Phi) is 7.08. The number of anilines is 1. The van der Waals surface area contributed by atoms with Crippen LogP contribution >= 0.6 is 18.9 Å². The van der Waals surface area contributed by atoms with E-state index < -0.39 is 7.60 Å². The smallest absolute Gasteiger partial charge is 0.427 e. The molecule has 0 aliphatic heterocycles. The minimum absolute atomic E-state index is 0.0105. The number of nitrogens with zero attached hydrogens (tertiary/aromatic N) is 1. The summed E-state index contributed by atoms with van der Waals surface area (Å²) in [5.74, 6) is 0.519. The standard InChI is InChI=1S/C17H23N2O5PS/c1-5-7-14(6-2)25(21,24-19-17-18-8-9-26-17)23-13-10-12(3)16(20)15(11-13)22-4/h7-11,20H,5-6H2,1-4H3,(H,18,19)/b14-7+. The average molecular weight is 398 g/mol. The van der Waals surface area contributed by atoms with E-state index in [-0.39, 0.29) is 17.2 Å². The van der Waals surface area contributed by atoms with Crippen LogP contribution in [0, 0.1) is 6.92 Å². The van der Waals surface area contributed by atoms with Gasteiger partial charge in [-0.3, -0.25) is 0 Å². The first-order chi connectivity index (χ1) is 12.4. The Labute approximate surface area is 157 Å². The first-order valence-corrected chi connectivity index (χ1v) is 10.6. The van der Waals surface area contributed by atoms with E-state index in [9.17, 15) is 9.67 Å². The fourth-order valence-electron chi connectivity index (χ4n) is 2.26. The summed E-state index contributed by atoms with van der Waals surface area (Å²) in [5, 5.41) is 12.8. The summed E-state index contributed by atoms with van der Waals surface area (Å²) in [4.78, 5) is 4.04. The maximum atomic E-state index is 13.5. The van der Waals surface area contributed by atoms with Gasteiger partial charge in [0.25, 0.3) is 0 Å².